The van der Waals surface area contributed by atoms with Crippen molar-refractivity contribution in [3.63, 3.8) is 0 Å². The van der Waals surface area contributed by atoms with Crippen molar-refractivity contribution in [2.75, 3.05) is 126 Å². The Morgan fingerprint density at radius 1 is 0.460 bits per heavy atom. The molecule has 0 aromatic rings. The molecule has 2 atom stereocenters. The summed E-state index contributed by atoms with van der Waals surface area (Å²) in [5.74, 6) is 0.551. The molecule has 296 valence electrons. The van der Waals surface area contributed by atoms with Crippen LogP contribution < -0.4 is 0 Å². The number of aliphatic hydroxyl groups is 1. The van der Waals surface area contributed by atoms with Gasteiger partial charge in [0.05, 0.1) is 136 Å². The van der Waals surface area contributed by atoms with Crippen molar-refractivity contribution in [3.8, 4) is 0 Å². The average molecular weight is 723 g/mol. The van der Waals surface area contributed by atoms with Crippen LogP contribution in [0.2, 0.25) is 0 Å². The second-order valence-corrected chi connectivity index (χ2v) is 14.5. The lowest BCUT2D eigenvalue weighted by atomic mass is 10.0. The van der Waals surface area contributed by atoms with Gasteiger partial charge >= 0.3 is 0 Å². The van der Waals surface area contributed by atoms with E-state index in [9.17, 15) is 5.11 Å². The lowest BCUT2D eigenvalue weighted by Crippen LogP contribution is -2.37. The Balaban J connectivity index is 2.50. The van der Waals surface area contributed by atoms with Crippen molar-refractivity contribution >= 4 is 0 Å². The van der Waals surface area contributed by atoms with E-state index in [0.29, 0.717) is 130 Å². The van der Waals surface area contributed by atoms with Crippen LogP contribution in [0.3, 0.4) is 0 Å². The highest BCUT2D eigenvalue weighted by atomic mass is 16.6. The van der Waals surface area contributed by atoms with Gasteiger partial charge in [-0.3, -0.25) is 0 Å². The molecule has 0 heterocycles. The molecule has 50 heavy (non-hydrogen) atoms. The molecule has 1 aliphatic carbocycles. The average Bonchev–Trinajstić information content (AvgIpc) is 3.02. The topological polar surface area (TPSA) is 131 Å². The van der Waals surface area contributed by atoms with E-state index in [1.807, 2.05) is 68.4 Å². The maximum Gasteiger partial charge on any atom is 0.144 e. The van der Waals surface area contributed by atoms with E-state index in [2.05, 4.69) is 0 Å². The van der Waals surface area contributed by atoms with Crippen LogP contribution in [0.1, 0.15) is 62.3 Å². The number of rotatable bonds is 31. The van der Waals surface area contributed by atoms with Crippen molar-refractivity contribution in [1.82, 2.24) is 0 Å². The van der Waals surface area contributed by atoms with Gasteiger partial charge < -0.3 is 61.9 Å². The summed E-state index contributed by atoms with van der Waals surface area (Å²) in [6.45, 7) is 25.8. The smallest absolute Gasteiger partial charge is 0.144 e. The van der Waals surface area contributed by atoms with Crippen LogP contribution in [-0.2, 0) is 56.8 Å². The molecule has 0 saturated carbocycles. The monoisotopic (exact) mass is 722 g/mol. The third-order valence-corrected chi connectivity index (χ3v) is 6.43. The zero-order valence-corrected chi connectivity index (χ0v) is 32.6. The van der Waals surface area contributed by atoms with Gasteiger partial charge in [-0.2, -0.15) is 0 Å². The molecule has 0 amide bonds. The van der Waals surface area contributed by atoms with E-state index >= 15 is 0 Å². The first-order valence-electron chi connectivity index (χ1n) is 18.0. The first-order chi connectivity index (χ1) is 23.7. The van der Waals surface area contributed by atoms with Gasteiger partial charge in [-0.05, 0) is 80.0 Å². The third kappa shape index (κ3) is 28.4. The van der Waals surface area contributed by atoms with E-state index in [1.165, 1.54) is 0 Å². The molecular formula is C37H70O13. The summed E-state index contributed by atoms with van der Waals surface area (Å²) in [7, 11) is 0. The molecule has 0 radical (unpaired) electrons. The summed E-state index contributed by atoms with van der Waals surface area (Å²) in [5, 5.41) is 9.95. The molecule has 0 fully saturated rings. The first kappa shape index (κ1) is 46.8. The van der Waals surface area contributed by atoms with Gasteiger partial charge in [-0.25, -0.2) is 0 Å². The van der Waals surface area contributed by atoms with Crippen molar-refractivity contribution in [2.24, 2.45) is 0 Å². The molecule has 1 aliphatic rings. The summed E-state index contributed by atoms with van der Waals surface area (Å²) in [4.78, 5) is 0. The normalized spacial score (nSPS) is 17.2. The fraction of sp³-hybridized carbons (Fsp3) is 0.892. The predicted molar refractivity (Wildman–Crippen MR) is 191 cm³/mol. The largest absolute Gasteiger partial charge is 0.493 e. The van der Waals surface area contributed by atoms with Crippen LogP contribution in [0.15, 0.2) is 23.5 Å². The zero-order chi connectivity index (χ0) is 37.1. The summed E-state index contributed by atoms with van der Waals surface area (Å²) in [6, 6.07) is 0. The fourth-order valence-corrected chi connectivity index (χ4v) is 4.19. The standard InChI is InChI=1S/C37H70O13/c1-35(2,3)48-25-19-42-13-10-39-16-22-45-32-28-31(30-38)29-33(46-23-17-40-11-14-43-20-26-49-36(4,5)6)34(32)47-24-18-41-12-15-44-21-27-50-37(7,8)9/h28-29,32,34,38H,10-27,30H2,1-9H3. The van der Waals surface area contributed by atoms with Crippen molar-refractivity contribution in [3.05, 3.63) is 23.5 Å². The summed E-state index contributed by atoms with van der Waals surface area (Å²) in [6.07, 6.45) is 2.59. The van der Waals surface area contributed by atoms with E-state index in [0.717, 1.165) is 0 Å². The molecule has 0 aliphatic heterocycles. The van der Waals surface area contributed by atoms with E-state index in [4.69, 9.17) is 56.8 Å². The highest BCUT2D eigenvalue weighted by Gasteiger charge is 2.31. The van der Waals surface area contributed by atoms with Crippen LogP contribution in [0.25, 0.3) is 0 Å². The molecule has 13 nitrogen and oxygen atoms in total. The molecule has 0 bridgehead atoms. The van der Waals surface area contributed by atoms with E-state index in [1.54, 1.807) is 6.08 Å². The minimum atomic E-state index is -0.544. The van der Waals surface area contributed by atoms with Gasteiger partial charge in [0.2, 0.25) is 0 Å². The highest BCUT2D eigenvalue weighted by molar-refractivity contribution is 5.31. The van der Waals surface area contributed by atoms with Crippen LogP contribution in [0.5, 0.6) is 0 Å². The second kappa shape index (κ2) is 27.4. The lowest BCUT2D eigenvalue weighted by Gasteiger charge is -2.31. The Bertz CT molecular complexity index is 874. The van der Waals surface area contributed by atoms with Gasteiger partial charge in [0.15, 0.2) is 0 Å². The summed E-state index contributed by atoms with van der Waals surface area (Å²) in [5.41, 5.74) is 0.121. The van der Waals surface area contributed by atoms with Gasteiger partial charge in [0.1, 0.15) is 24.6 Å². The molecule has 0 aromatic heterocycles. The maximum atomic E-state index is 9.95. The number of hydrogen-bond acceptors (Lipinski definition) is 13. The maximum absolute atomic E-state index is 9.95. The van der Waals surface area contributed by atoms with Gasteiger partial charge in [-0.1, -0.05) is 0 Å². The van der Waals surface area contributed by atoms with Crippen LogP contribution >= 0.6 is 0 Å². The molecule has 0 aromatic carbocycles. The van der Waals surface area contributed by atoms with Crippen molar-refractivity contribution in [2.45, 2.75) is 91.3 Å². The lowest BCUT2D eigenvalue weighted by molar-refractivity contribution is -0.0891. The van der Waals surface area contributed by atoms with Gasteiger partial charge in [-0.15, -0.1) is 0 Å². The van der Waals surface area contributed by atoms with Crippen LogP contribution in [0.4, 0.5) is 0 Å². The molecular weight excluding hydrogens is 652 g/mol. The highest BCUT2D eigenvalue weighted by Crippen LogP contribution is 2.25. The molecule has 2 unspecified atom stereocenters. The Morgan fingerprint density at radius 2 is 0.800 bits per heavy atom. The molecule has 0 saturated heterocycles. The zero-order valence-electron chi connectivity index (χ0n) is 32.6. The van der Waals surface area contributed by atoms with Crippen LogP contribution in [0, 0.1) is 0 Å². The van der Waals surface area contributed by atoms with Crippen molar-refractivity contribution < 1.29 is 61.9 Å². The fourth-order valence-electron chi connectivity index (χ4n) is 4.19. The first-order valence-corrected chi connectivity index (χ1v) is 18.0. The Hall–Kier alpha value is -1.20. The Morgan fingerprint density at radius 3 is 1.18 bits per heavy atom. The molecule has 1 N–H and O–H groups in total. The van der Waals surface area contributed by atoms with E-state index in [-0.39, 0.29) is 23.4 Å². The number of aliphatic hydroxyl groups excluding tert-OH is 1. The minimum Gasteiger partial charge on any atom is -0.493 e. The molecule has 0 spiro atoms. The summed E-state index contributed by atoms with van der Waals surface area (Å²) < 4.78 is 69.2. The SMILES string of the molecule is CC(C)(C)OCCOCCOCCOC1=CC(CO)=CC(OCCOCCOCCOC(C)(C)C)C1OCCOCCOCCOC(C)(C)C. The van der Waals surface area contributed by atoms with Crippen LogP contribution in [-0.4, -0.2) is 160 Å². The number of hydrogen-bond donors (Lipinski definition) is 1. The van der Waals surface area contributed by atoms with Crippen molar-refractivity contribution in [1.29, 1.82) is 0 Å². The predicted octanol–water partition coefficient (Wildman–Crippen LogP) is 4.13. The quantitative estimate of drug-likeness (QED) is 0.103. The van der Waals surface area contributed by atoms with Gasteiger partial charge in [0, 0.05) is 0 Å². The molecule has 13 heteroatoms. The van der Waals surface area contributed by atoms with Gasteiger partial charge in [0.25, 0.3) is 0 Å². The Labute approximate surface area is 302 Å². The number of ether oxygens (including phenoxy) is 12. The van der Waals surface area contributed by atoms with E-state index < -0.39 is 12.2 Å². The summed E-state index contributed by atoms with van der Waals surface area (Å²) >= 11 is 0. The Kier molecular flexibility index (Phi) is 25.7. The third-order valence-electron chi connectivity index (χ3n) is 6.43. The molecule has 1 rings (SSSR count). The second-order valence-electron chi connectivity index (χ2n) is 14.5. The minimum absolute atomic E-state index is 0.164.